The minimum atomic E-state index is -3.78. The van der Waals surface area contributed by atoms with Gasteiger partial charge in [0.2, 0.25) is 15.9 Å². The van der Waals surface area contributed by atoms with Gasteiger partial charge in [0.25, 0.3) is 5.91 Å². The van der Waals surface area contributed by atoms with Crippen molar-refractivity contribution in [2.24, 2.45) is 0 Å². The number of hydrogen-bond acceptors (Lipinski definition) is 8. The Hall–Kier alpha value is -3.51. The predicted octanol–water partition coefficient (Wildman–Crippen LogP) is 2.99. The Labute approximate surface area is 239 Å². The molecule has 2 saturated heterocycles. The number of fused-ring (bicyclic) bond motifs is 1. The largest absolute Gasteiger partial charge is 0.371 e. The summed E-state index contributed by atoms with van der Waals surface area (Å²) in [6, 6.07) is 11.3. The predicted molar refractivity (Wildman–Crippen MR) is 155 cm³/mol. The molecule has 2 aromatic heterocycles. The molecule has 1 saturated carbocycles. The van der Waals surface area contributed by atoms with Gasteiger partial charge in [-0.15, -0.1) is 0 Å². The van der Waals surface area contributed by atoms with Crippen molar-refractivity contribution in [3.8, 4) is 5.69 Å². The maximum atomic E-state index is 13.0. The van der Waals surface area contributed by atoms with Gasteiger partial charge in [-0.05, 0) is 56.7 Å². The highest BCUT2D eigenvalue weighted by molar-refractivity contribution is 7.89. The molecule has 0 bridgehead atoms. The van der Waals surface area contributed by atoms with Crippen LogP contribution in [0.15, 0.2) is 36.4 Å². The number of rotatable bonds is 8. The van der Waals surface area contributed by atoms with Crippen molar-refractivity contribution >= 4 is 38.6 Å². The van der Waals surface area contributed by atoms with Crippen molar-refractivity contribution < 1.29 is 22.7 Å². The first-order valence-electron chi connectivity index (χ1n) is 14.4. The van der Waals surface area contributed by atoms with Gasteiger partial charge in [-0.2, -0.15) is 5.10 Å². The van der Waals surface area contributed by atoms with Crippen LogP contribution in [-0.4, -0.2) is 85.0 Å². The molecule has 3 fully saturated rings. The lowest BCUT2D eigenvalue weighted by Gasteiger charge is -2.34. The summed E-state index contributed by atoms with van der Waals surface area (Å²) >= 11 is 0. The molecular weight excluding hydrogens is 544 g/mol. The molecule has 6 rings (SSSR count). The Balaban J connectivity index is 1.33. The third kappa shape index (κ3) is 5.94. The number of nitrogens with one attached hydrogen (secondary N) is 1. The summed E-state index contributed by atoms with van der Waals surface area (Å²) in [5, 5.41) is 5.93. The fraction of sp³-hybridized carbons (Fsp3) is 0.517. The molecule has 0 radical (unpaired) electrons. The number of amides is 2. The number of nitrogens with zero attached hydrogens (tertiary/aromatic N) is 5. The van der Waals surface area contributed by atoms with Gasteiger partial charge < -0.3 is 14.5 Å². The maximum Gasteiger partial charge on any atom is 0.283 e. The lowest BCUT2D eigenvalue weighted by Crippen LogP contribution is -2.39. The summed E-state index contributed by atoms with van der Waals surface area (Å²) in [7, 11) is -3.78. The fourth-order valence-corrected chi connectivity index (χ4v) is 6.38. The number of aromatic nitrogens is 3. The molecule has 12 heteroatoms. The molecule has 0 atom stereocenters. The highest BCUT2D eigenvalue weighted by Crippen LogP contribution is 2.43. The van der Waals surface area contributed by atoms with Crippen LogP contribution in [0.25, 0.3) is 16.7 Å². The number of anilines is 1. The van der Waals surface area contributed by atoms with Gasteiger partial charge >= 0.3 is 0 Å². The van der Waals surface area contributed by atoms with Gasteiger partial charge in [0.05, 0.1) is 34.8 Å². The molecule has 4 heterocycles. The number of carbonyl (C=O) groups excluding carboxylic acids is 2. The topological polar surface area (TPSA) is 127 Å². The number of carbonyl (C=O) groups is 2. The normalized spacial score (nSPS) is 18.6. The van der Waals surface area contributed by atoms with Crippen LogP contribution in [-0.2, 0) is 19.6 Å². The molecule has 0 unspecified atom stereocenters. The van der Waals surface area contributed by atoms with E-state index in [1.807, 2.05) is 35.2 Å². The van der Waals surface area contributed by atoms with Gasteiger partial charge in [0, 0.05) is 32.1 Å². The summed E-state index contributed by atoms with van der Waals surface area (Å²) in [4.78, 5) is 34.3. The molecule has 2 aliphatic heterocycles. The molecule has 218 valence electrons. The first-order valence-corrected chi connectivity index (χ1v) is 16.3. The van der Waals surface area contributed by atoms with Gasteiger partial charge in [-0.1, -0.05) is 24.6 Å². The number of sulfonamides is 1. The molecule has 3 aromatic rings. The Morgan fingerprint density at radius 1 is 1.00 bits per heavy atom. The molecule has 11 nitrogen and oxygen atoms in total. The quantitative estimate of drug-likeness (QED) is 0.431. The van der Waals surface area contributed by atoms with Crippen molar-refractivity contribution in [1.29, 1.82) is 0 Å². The van der Waals surface area contributed by atoms with E-state index in [4.69, 9.17) is 9.84 Å². The van der Waals surface area contributed by atoms with Crippen LogP contribution in [0.4, 0.5) is 5.69 Å². The second kappa shape index (κ2) is 11.4. The van der Waals surface area contributed by atoms with Crippen LogP contribution in [0.2, 0.25) is 0 Å². The van der Waals surface area contributed by atoms with Crippen LogP contribution >= 0.6 is 0 Å². The van der Waals surface area contributed by atoms with Crippen molar-refractivity contribution in [1.82, 2.24) is 24.4 Å². The average Bonchev–Trinajstić information content (AvgIpc) is 3.60. The Morgan fingerprint density at radius 3 is 2.34 bits per heavy atom. The zero-order valence-corrected chi connectivity index (χ0v) is 24.1. The molecule has 1 N–H and O–H groups in total. The number of para-hydroxylation sites is 1. The van der Waals surface area contributed by atoms with Crippen LogP contribution in [0.5, 0.6) is 0 Å². The van der Waals surface area contributed by atoms with E-state index in [0.29, 0.717) is 24.7 Å². The highest BCUT2D eigenvalue weighted by Gasteiger charge is 2.32. The number of likely N-dealkylation sites (tertiary alicyclic amines) is 1. The first kappa shape index (κ1) is 27.6. The van der Waals surface area contributed by atoms with E-state index in [2.05, 4.69) is 14.6 Å². The van der Waals surface area contributed by atoms with E-state index in [-0.39, 0.29) is 24.3 Å². The number of hydrogen-bond donors (Lipinski definition) is 1. The first-order chi connectivity index (χ1) is 19.8. The molecule has 2 amide bonds. The fourth-order valence-electron chi connectivity index (χ4n) is 5.94. The van der Waals surface area contributed by atoms with Crippen LogP contribution < -0.4 is 9.62 Å². The molecule has 1 aliphatic carbocycles. The van der Waals surface area contributed by atoms with Crippen molar-refractivity contribution in [2.45, 2.75) is 57.0 Å². The summed E-state index contributed by atoms with van der Waals surface area (Å²) < 4.78 is 33.6. The third-order valence-electron chi connectivity index (χ3n) is 8.33. The lowest BCUT2D eigenvalue weighted by molar-refractivity contribution is -0.137. The summed E-state index contributed by atoms with van der Waals surface area (Å²) in [6.07, 6.45) is 7.71. The number of benzene rings is 1. The van der Waals surface area contributed by atoms with Gasteiger partial charge in [-0.3, -0.25) is 9.59 Å². The third-order valence-corrected chi connectivity index (χ3v) is 8.89. The monoisotopic (exact) mass is 580 g/mol. The van der Waals surface area contributed by atoms with E-state index >= 15 is 0 Å². The summed E-state index contributed by atoms with van der Waals surface area (Å²) in [6.45, 7) is 3.06. The Bertz CT molecular complexity index is 1540. The van der Waals surface area contributed by atoms with Crippen LogP contribution in [0.3, 0.4) is 0 Å². The number of piperidine rings is 1. The van der Waals surface area contributed by atoms with Gasteiger partial charge in [0.15, 0.2) is 5.65 Å². The number of pyridine rings is 1. The van der Waals surface area contributed by atoms with Crippen LogP contribution in [0, 0.1) is 0 Å². The molecule has 0 spiro atoms. The standard InChI is InChI=1S/C29H36N6O5S/c1-41(38,39)32-29(37)23-18-24(33-16-12-22(13-17-33)40-19-25(36)34-14-5-6-15-34)26-27(20-8-7-9-20)31-35(28(26)30-23)21-10-3-2-4-11-21/h2-4,10-11,18,20,22H,5-9,12-17,19H2,1H3,(H,32,37). The van der Waals surface area contributed by atoms with E-state index in [1.54, 1.807) is 10.7 Å². The van der Waals surface area contributed by atoms with Gasteiger partial charge in [0.1, 0.15) is 12.3 Å². The van der Waals surface area contributed by atoms with Crippen molar-refractivity contribution in [2.75, 3.05) is 43.9 Å². The smallest absolute Gasteiger partial charge is 0.283 e. The number of ether oxygens (including phenoxy) is 1. The molecule has 1 aromatic carbocycles. The summed E-state index contributed by atoms with van der Waals surface area (Å²) in [5.41, 5.74) is 3.15. The van der Waals surface area contributed by atoms with E-state index in [1.165, 1.54) is 0 Å². The van der Waals surface area contributed by atoms with E-state index in [0.717, 1.165) is 86.7 Å². The van der Waals surface area contributed by atoms with Crippen molar-refractivity contribution in [3.63, 3.8) is 0 Å². The average molecular weight is 581 g/mol. The minimum absolute atomic E-state index is 0.0183. The van der Waals surface area contributed by atoms with Crippen molar-refractivity contribution in [3.05, 3.63) is 47.8 Å². The minimum Gasteiger partial charge on any atom is -0.371 e. The van der Waals surface area contributed by atoms with E-state index in [9.17, 15) is 18.0 Å². The van der Waals surface area contributed by atoms with E-state index < -0.39 is 15.9 Å². The zero-order chi connectivity index (χ0) is 28.6. The second-order valence-electron chi connectivity index (χ2n) is 11.3. The zero-order valence-electron chi connectivity index (χ0n) is 23.3. The molecule has 3 aliphatic rings. The molecule has 41 heavy (non-hydrogen) atoms. The Morgan fingerprint density at radius 2 is 1.71 bits per heavy atom. The lowest BCUT2D eigenvalue weighted by atomic mass is 9.82. The molecular formula is C29H36N6O5S. The van der Waals surface area contributed by atoms with Gasteiger partial charge in [-0.25, -0.2) is 22.8 Å². The SMILES string of the molecule is CS(=O)(=O)NC(=O)c1cc(N2CCC(OCC(=O)N3CCCC3)CC2)c2c(C3CCC3)nn(-c3ccccc3)c2n1. The highest BCUT2D eigenvalue weighted by atomic mass is 32.2. The Kier molecular flexibility index (Phi) is 7.69. The maximum absolute atomic E-state index is 13.0. The summed E-state index contributed by atoms with van der Waals surface area (Å²) in [5.74, 6) is -0.419. The van der Waals surface area contributed by atoms with Crippen LogP contribution in [0.1, 0.15) is 67.0 Å². The second-order valence-corrected chi connectivity index (χ2v) is 13.0.